The molecule has 3 rings (SSSR count). The maximum absolute atomic E-state index is 10.4. The van der Waals surface area contributed by atoms with Crippen LogP contribution in [-0.4, -0.2) is 51.9 Å². The fourth-order valence-electron chi connectivity index (χ4n) is 3.32. The maximum Gasteiger partial charge on any atom is 0.132 e. The van der Waals surface area contributed by atoms with Gasteiger partial charge in [-0.2, -0.15) is 0 Å². The molecule has 28 heavy (non-hydrogen) atoms. The molecule has 1 heterocycles. The fraction of sp³-hybridized carbons (Fsp3) is 0.429. The van der Waals surface area contributed by atoms with Gasteiger partial charge >= 0.3 is 0 Å². The topological polar surface area (TPSA) is 79.2 Å². The molecule has 0 aromatic heterocycles. The Hall–Kier alpha value is -1.28. The van der Waals surface area contributed by atoms with Crippen LogP contribution in [0.5, 0.6) is 5.75 Å². The molecule has 0 spiro atoms. The molecular weight excluding hydrogens is 400 g/mol. The third-order valence-electron chi connectivity index (χ3n) is 4.83. The SMILES string of the molecule is CCOc1ccc(Cc2cc([C@@H]3O[C@H](SC)[C@H](O)[C@H](O)[C@@H]3O)ccc2Cl)cc1. The van der Waals surface area contributed by atoms with Crippen LogP contribution in [0, 0.1) is 0 Å². The zero-order chi connectivity index (χ0) is 20.3. The molecule has 152 valence electrons. The Morgan fingerprint density at radius 3 is 2.39 bits per heavy atom. The van der Waals surface area contributed by atoms with Crippen LogP contribution in [0.15, 0.2) is 42.5 Å². The molecule has 1 aliphatic rings. The number of aliphatic hydroxyl groups is 3. The minimum Gasteiger partial charge on any atom is -0.494 e. The molecule has 5 nitrogen and oxygen atoms in total. The van der Waals surface area contributed by atoms with Gasteiger partial charge in [-0.15, -0.1) is 11.8 Å². The molecule has 0 amide bonds. The maximum atomic E-state index is 10.4. The number of rotatable bonds is 6. The lowest BCUT2D eigenvalue weighted by molar-refractivity contribution is -0.200. The highest BCUT2D eigenvalue weighted by Gasteiger charge is 2.44. The number of hydrogen-bond acceptors (Lipinski definition) is 6. The Bertz CT molecular complexity index is 783. The summed E-state index contributed by atoms with van der Waals surface area (Å²) in [5.74, 6) is 0.820. The van der Waals surface area contributed by atoms with Gasteiger partial charge < -0.3 is 24.8 Å². The molecule has 0 aliphatic carbocycles. The summed E-state index contributed by atoms with van der Waals surface area (Å²) >= 11 is 7.68. The van der Waals surface area contributed by atoms with Crippen molar-refractivity contribution in [1.29, 1.82) is 0 Å². The number of halogens is 1. The van der Waals surface area contributed by atoms with Crippen LogP contribution in [0.1, 0.15) is 29.7 Å². The van der Waals surface area contributed by atoms with Crippen molar-refractivity contribution in [1.82, 2.24) is 0 Å². The molecule has 1 aliphatic heterocycles. The van der Waals surface area contributed by atoms with Gasteiger partial charge in [0.15, 0.2) is 0 Å². The van der Waals surface area contributed by atoms with E-state index in [9.17, 15) is 15.3 Å². The molecule has 2 aromatic rings. The van der Waals surface area contributed by atoms with E-state index in [2.05, 4.69) is 0 Å². The summed E-state index contributed by atoms with van der Waals surface area (Å²) in [6.45, 7) is 2.56. The van der Waals surface area contributed by atoms with E-state index in [1.165, 1.54) is 11.8 Å². The molecule has 1 fully saturated rings. The van der Waals surface area contributed by atoms with Crippen molar-refractivity contribution in [3.63, 3.8) is 0 Å². The Balaban J connectivity index is 1.82. The molecule has 0 bridgehead atoms. The molecular formula is C21H25ClO5S. The van der Waals surface area contributed by atoms with Crippen molar-refractivity contribution in [3.05, 3.63) is 64.2 Å². The van der Waals surface area contributed by atoms with E-state index >= 15 is 0 Å². The molecule has 0 saturated carbocycles. The zero-order valence-corrected chi connectivity index (χ0v) is 17.4. The van der Waals surface area contributed by atoms with E-state index in [-0.39, 0.29) is 0 Å². The lowest BCUT2D eigenvalue weighted by atomic mass is 9.92. The average Bonchev–Trinajstić information content (AvgIpc) is 2.70. The predicted molar refractivity (Wildman–Crippen MR) is 111 cm³/mol. The summed E-state index contributed by atoms with van der Waals surface area (Å²) in [5, 5.41) is 31.2. The molecule has 7 heteroatoms. The first-order chi connectivity index (χ1) is 13.4. The van der Waals surface area contributed by atoms with E-state index in [4.69, 9.17) is 21.1 Å². The van der Waals surface area contributed by atoms with Crippen LogP contribution < -0.4 is 4.74 Å². The van der Waals surface area contributed by atoms with Crippen molar-refractivity contribution in [2.24, 2.45) is 0 Å². The monoisotopic (exact) mass is 424 g/mol. The highest BCUT2D eigenvalue weighted by molar-refractivity contribution is 7.99. The van der Waals surface area contributed by atoms with Crippen LogP contribution in [0.4, 0.5) is 0 Å². The van der Waals surface area contributed by atoms with Gasteiger partial charge in [-0.05, 0) is 54.5 Å². The van der Waals surface area contributed by atoms with E-state index < -0.39 is 29.9 Å². The van der Waals surface area contributed by atoms with Crippen molar-refractivity contribution >= 4 is 23.4 Å². The molecule has 5 atom stereocenters. The third-order valence-corrected chi connectivity index (χ3v) is 6.05. The number of hydrogen-bond donors (Lipinski definition) is 3. The number of benzene rings is 2. The van der Waals surface area contributed by atoms with E-state index in [0.29, 0.717) is 23.6 Å². The normalized spacial score (nSPS) is 27.6. The molecule has 0 unspecified atom stereocenters. The van der Waals surface area contributed by atoms with Crippen LogP contribution in [0.3, 0.4) is 0 Å². The van der Waals surface area contributed by atoms with E-state index in [0.717, 1.165) is 16.9 Å². The number of aliphatic hydroxyl groups excluding tert-OH is 3. The number of thioether (sulfide) groups is 1. The van der Waals surface area contributed by atoms with Crippen molar-refractivity contribution in [2.45, 2.75) is 43.2 Å². The summed E-state index contributed by atoms with van der Waals surface area (Å²) in [7, 11) is 0. The van der Waals surface area contributed by atoms with E-state index in [1.54, 1.807) is 18.4 Å². The van der Waals surface area contributed by atoms with Gasteiger partial charge in [0.05, 0.1) is 6.61 Å². The average molecular weight is 425 g/mol. The second-order valence-corrected chi connectivity index (χ2v) is 8.08. The Morgan fingerprint density at radius 1 is 1.04 bits per heavy atom. The van der Waals surface area contributed by atoms with Gasteiger partial charge in [-0.3, -0.25) is 0 Å². The molecule has 1 saturated heterocycles. The standard InChI is InChI=1S/C21H25ClO5S/c1-3-26-15-7-4-12(5-8-15)10-14-11-13(6-9-16(14)22)20-18(24)17(23)19(25)21(27-20)28-2/h4-9,11,17-21,23-25H,3,10H2,1-2H3/t17-,18+,19-,20+,21-/m1/s1. The highest BCUT2D eigenvalue weighted by atomic mass is 35.5. The lowest BCUT2D eigenvalue weighted by Gasteiger charge is -2.40. The third kappa shape index (κ3) is 4.64. The van der Waals surface area contributed by atoms with Gasteiger partial charge in [-0.1, -0.05) is 35.9 Å². The zero-order valence-electron chi connectivity index (χ0n) is 15.8. The Kier molecular flexibility index (Phi) is 7.25. The Labute approximate surface area is 174 Å². The summed E-state index contributed by atoms with van der Waals surface area (Å²) < 4.78 is 11.3. The summed E-state index contributed by atoms with van der Waals surface area (Å²) in [6, 6.07) is 13.3. The highest BCUT2D eigenvalue weighted by Crippen LogP contribution is 2.37. The molecule has 3 N–H and O–H groups in total. The van der Waals surface area contributed by atoms with Crippen LogP contribution in [0.25, 0.3) is 0 Å². The minimum atomic E-state index is -1.28. The van der Waals surface area contributed by atoms with Gasteiger partial charge in [-0.25, -0.2) is 0 Å². The largest absolute Gasteiger partial charge is 0.494 e. The van der Waals surface area contributed by atoms with Gasteiger partial charge in [0.1, 0.15) is 35.6 Å². The summed E-state index contributed by atoms with van der Waals surface area (Å²) in [6.07, 6.45) is -1.99. The van der Waals surface area contributed by atoms with Crippen molar-refractivity contribution < 1.29 is 24.8 Å². The van der Waals surface area contributed by atoms with Gasteiger partial charge in [0, 0.05) is 5.02 Å². The number of ether oxygens (including phenoxy) is 2. The fourth-order valence-corrected chi connectivity index (χ4v) is 4.17. The first kappa shape index (κ1) is 21.4. The summed E-state index contributed by atoms with van der Waals surface area (Å²) in [5.41, 5.74) is 2.06. The van der Waals surface area contributed by atoms with E-state index in [1.807, 2.05) is 37.3 Å². The summed E-state index contributed by atoms with van der Waals surface area (Å²) in [4.78, 5) is 0. The molecule has 2 aromatic carbocycles. The lowest BCUT2D eigenvalue weighted by Crippen LogP contribution is -2.52. The van der Waals surface area contributed by atoms with Crippen molar-refractivity contribution in [2.75, 3.05) is 12.9 Å². The first-order valence-corrected chi connectivity index (χ1v) is 10.8. The molecule has 0 radical (unpaired) electrons. The van der Waals surface area contributed by atoms with Crippen LogP contribution in [0.2, 0.25) is 5.02 Å². The van der Waals surface area contributed by atoms with Gasteiger partial charge in [0.2, 0.25) is 0 Å². The predicted octanol–water partition coefficient (Wildman–Crippen LogP) is 3.17. The second kappa shape index (κ2) is 9.48. The first-order valence-electron chi connectivity index (χ1n) is 9.17. The second-order valence-electron chi connectivity index (χ2n) is 6.74. The quantitative estimate of drug-likeness (QED) is 0.661. The minimum absolute atomic E-state index is 0.610. The Morgan fingerprint density at radius 2 is 1.75 bits per heavy atom. The smallest absolute Gasteiger partial charge is 0.132 e. The van der Waals surface area contributed by atoms with Gasteiger partial charge in [0.25, 0.3) is 0 Å². The van der Waals surface area contributed by atoms with Crippen LogP contribution in [-0.2, 0) is 11.2 Å². The van der Waals surface area contributed by atoms with Crippen molar-refractivity contribution in [3.8, 4) is 5.75 Å². The van der Waals surface area contributed by atoms with Crippen LogP contribution >= 0.6 is 23.4 Å².